The number of aryl methyl sites for hydroxylation is 1. The van der Waals surface area contributed by atoms with Crippen molar-refractivity contribution in [2.45, 2.75) is 45.8 Å². The Morgan fingerprint density at radius 3 is 2.74 bits per heavy atom. The van der Waals surface area contributed by atoms with E-state index in [-0.39, 0.29) is 6.09 Å². The summed E-state index contributed by atoms with van der Waals surface area (Å²) in [5.41, 5.74) is 2.74. The standard InChI is InChI=1S/C15H20BNO2/c1-15(2,3)19-14(18)17-8-4-5-11-9-13(16)7-6-12(11)10-17/h6-7,9H,4-5,8,10H2,1-3H3. The molecule has 1 aliphatic rings. The highest BCUT2D eigenvalue weighted by atomic mass is 16.6. The number of benzene rings is 1. The highest BCUT2D eigenvalue weighted by molar-refractivity contribution is 6.32. The average molecular weight is 257 g/mol. The Bertz CT molecular complexity index is 480. The van der Waals surface area contributed by atoms with Crippen LogP contribution in [-0.2, 0) is 17.7 Å². The molecule has 0 saturated carbocycles. The number of nitrogens with zero attached hydrogens (tertiary/aromatic N) is 1. The van der Waals surface area contributed by atoms with Crippen LogP contribution >= 0.6 is 0 Å². The summed E-state index contributed by atoms with van der Waals surface area (Å²) >= 11 is 0. The summed E-state index contributed by atoms with van der Waals surface area (Å²) in [4.78, 5) is 13.9. The van der Waals surface area contributed by atoms with Gasteiger partial charge in [0.1, 0.15) is 13.4 Å². The normalized spacial score (nSPS) is 15.6. The van der Waals surface area contributed by atoms with Crippen molar-refractivity contribution in [1.82, 2.24) is 4.90 Å². The molecule has 1 heterocycles. The molecular formula is C15H20BNO2. The Labute approximate surface area is 116 Å². The van der Waals surface area contributed by atoms with Gasteiger partial charge < -0.3 is 9.64 Å². The third kappa shape index (κ3) is 3.76. The minimum absolute atomic E-state index is 0.239. The molecule has 0 aliphatic carbocycles. The van der Waals surface area contributed by atoms with E-state index < -0.39 is 5.60 Å². The van der Waals surface area contributed by atoms with Crippen LogP contribution in [0.2, 0.25) is 0 Å². The first-order valence-electron chi connectivity index (χ1n) is 6.70. The zero-order valence-corrected chi connectivity index (χ0v) is 11.9. The third-order valence-corrected chi connectivity index (χ3v) is 3.12. The maximum absolute atomic E-state index is 12.1. The number of hydrogen-bond acceptors (Lipinski definition) is 2. The summed E-state index contributed by atoms with van der Waals surface area (Å²) in [5, 5.41) is 0. The van der Waals surface area contributed by atoms with Gasteiger partial charge in [-0.2, -0.15) is 0 Å². The van der Waals surface area contributed by atoms with E-state index in [1.807, 2.05) is 39.0 Å². The van der Waals surface area contributed by atoms with Crippen LogP contribution in [-0.4, -0.2) is 31.0 Å². The lowest BCUT2D eigenvalue weighted by atomic mass is 9.91. The van der Waals surface area contributed by atoms with E-state index in [0.717, 1.165) is 30.4 Å². The molecule has 2 rings (SSSR count). The highest BCUT2D eigenvalue weighted by Gasteiger charge is 2.24. The molecule has 1 amide bonds. The van der Waals surface area contributed by atoms with E-state index in [1.54, 1.807) is 4.90 Å². The van der Waals surface area contributed by atoms with Gasteiger partial charge in [0.15, 0.2) is 0 Å². The van der Waals surface area contributed by atoms with Crippen LogP contribution in [0.3, 0.4) is 0 Å². The summed E-state index contributed by atoms with van der Waals surface area (Å²) in [5.74, 6) is 0. The molecule has 4 heteroatoms. The minimum Gasteiger partial charge on any atom is -0.444 e. The number of hydrogen-bond donors (Lipinski definition) is 0. The van der Waals surface area contributed by atoms with Gasteiger partial charge in [-0.15, -0.1) is 0 Å². The van der Waals surface area contributed by atoms with Gasteiger partial charge in [0.05, 0.1) is 0 Å². The van der Waals surface area contributed by atoms with Crippen molar-refractivity contribution < 1.29 is 9.53 Å². The number of carbonyl (C=O) groups excluding carboxylic acids is 1. The Morgan fingerprint density at radius 1 is 1.32 bits per heavy atom. The van der Waals surface area contributed by atoms with E-state index in [9.17, 15) is 4.79 Å². The van der Waals surface area contributed by atoms with Crippen LogP contribution in [0, 0.1) is 0 Å². The number of ether oxygens (including phenoxy) is 1. The van der Waals surface area contributed by atoms with Crippen molar-refractivity contribution in [3.8, 4) is 0 Å². The van der Waals surface area contributed by atoms with Crippen molar-refractivity contribution in [2.75, 3.05) is 6.54 Å². The zero-order chi connectivity index (χ0) is 14.0. The van der Waals surface area contributed by atoms with Crippen LogP contribution in [0.1, 0.15) is 38.3 Å². The van der Waals surface area contributed by atoms with Gasteiger partial charge in [-0.3, -0.25) is 0 Å². The van der Waals surface area contributed by atoms with Gasteiger partial charge in [-0.25, -0.2) is 4.79 Å². The van der Waals surface area contributed by atoms with Crippen molar-refractivity contribution >= 4 is 19.4 Å². The lowest BCUT2D eigenvalue weighted by molar-refractivity contribution is 0.0237. The molecule has 0 atom stereocenters. The molecule has 0 fully saturated rings. The molecule has 0 saturated heterocycles. The highest BCUT2D eigenvalue weighted by Crippen LogP contribution is 2.19. The van der Waals surface area contributed by atoms with Crippen molar-refractivity contribution in [1.29, 1.82) is 0 Å². The first kappa shape index (κ1) is 14.0. The fourth-order valence-corrected chi connectivity index (χ4v) is 2.26. The third-order valence-electron chi connectivity index (χ3n) is 3.12. The molecule has 0 bridgehead atoms. The van der Waals surface area contributed by atoms with Crippen LogP contribution in [0.25, 0.3) is 0 Å². The molecule has 19 heavy (non-hydrogen) atoms. The van der Waals surface area contributed by atoms with Crippen LogP contribution in [0.4, 0.5) is 4.79 Å². The molecule has 3 nitrogen and oxygen atoms in total. The topological polar surface area (TPSA) is 29.5 Å². The number of rotatable bonds is 0. The second kappa shape index (κ2) is 5.28. The van der Waals surface area contributed by atoms with E-state index in [0.29, 0.717) is 6.54 Å². The first-order chi connectivity index (χ1) is 8.85. The van der Waals surface area contributed by atoms with Crippen LogP contribution < -0.4 is 5.46 Å². The van der Waals surface area contributed by atoms with E-state index in [4.69, 9.17) is 12.6 Å². The van der Waals surface area contributed by atoms with Gasteiger partial charge in [0, 0.05) is 13.1 Å². The molecular weight excluding hydrogens is 237 g/mol. The molecule has 0 spiro atoms. The van der Waals surface area contributed by atoms with Crippen molar-refractivity contribution in [3.63, 3.8) is 0 Å². The minimum atomic E-state index is -0.451. The summed E-state index contributed by atoms with van der Waals surface area (Å²) < 4.78 is 5.43. The van der Waals surface area contributed by atoms with E-state index in [2.05, 4.69) is 0 Å². The number of carbonyl (C=O) groups is 1. The summed E-state index contributed by atoms with van der Waals surface area (Å²) in [6.45, 7) is 6.99. The Kier molecular flexibility index (Phi) is 3.88. The molecule has 0 aromatic heterocycles. The SMILES string of the molecule is [B]c1ccc2c(c1)CCCN(C(=O)OC(C)(C)C)C2. The molecule has 0 N–H and O–H groups in total. The smallest absolute Gasteiger partial charge is 0.410 e. The number of amides is 1. The second-order valence-electron chi connectivity index (χ2n) is 6.03. The van der Waals surface area contributed by atoms with Crippen molar-refractivity contribution in [3.05, 3.63) is 29.3 Å². The predicted octanol–water partition coefficient (Wildman–Crippen LogP) is 2.16. The number of fused-ring (bicyclic) bond motifs is 1. The van der Waals surface area contributed by atoms with Gasteiger partial charge in [0.2, 0.25) is 0 Å². The molecule has 1 aliphatic heterocycles. The molecule has 2 radical (unpaired) electrons. The Balaban J connectivity index is 2.13. The van der Waals surface area contributed by atoms with Gasteiger partial charge in [0.25, 0.3) is 0 Å². The Hall–Kier alpha value is -1.45. The van der Waals surface area contributed by atoms with E-state index in [1.165, 1.54) is 5.56 Å². The molecule has 1 aromatic carbocycles. The maximum atomic E-state index is 12.1. The van der Waals surface area contributed by atoms with Gasteiger partial charge >= 0.3 is 6.09 Å². The largest absolute Gasteiger partial charge is 0.444 e. The van der Waals surface area contributed by atoms with Crippen LogP contribution in [0.5, 0.6) is 0 Å². The summed E-state index contributed by atoms with van der Waals surface area (Å²) in [7, 11) is 5.81. The first-order valence-corrected chi connectivity index (χ1v) is 6.70. The molecule has 1 aromatic rings. The lowest BCUT2D eigenvalue weighted by Crippen LogP contribution is -2.36. The van der Waals surface area contributed by atoms with Gasteiger partial charge in [-0.05, 0) is 44.7 Å². The van der Waals surface area contributed by atoms with E-state index >= 15 is 0 Å². The zero-order valence-electron chi connectivity index (χ0n) is 11.9. The quantitative estimate of drug-likeness (QED) is 0.666. The molecule has 100 valence electrons. The molecule has 0 unspecified atom stereocenters. The second-order valence-corrected chi connectivity index (χ2v) is 6.03. The van der Waals surface area contributed by atoms with Crippen LogP contribution in [0.15, 0.2) is 18.2 Å². The van der Waals surface area contributed by atoms with Crippen molar-refractivity contribution in [2.24, 2.45) is 0 Å². The monoisotopic (exact) mass is 257 g/mol. The fraction of sp³-hybridized carbons (Fsp3) is 0.533. The van der Waals surface area contributed by atoms with Gasteiger partial charge in [-0.1, -0.05) is 23.7 Å². The predicted molar refractivity (Wildman–Crippen MR) is 76.8 cm³/mol. The average Bonchev–Trinajstić information content (AvgIpc) is 2.48. The fourth-order valence-electron chi connectivity index (χ4n) is 2.26. The summed E-state index contributed by atoms with van der Waals surface area (Å²) in [6, 6.07) is 5.90. The maximum Gasteiger partial charge on any atom is 0.410 e. The summed E-state index contributed by atoms with van der Waals surface area (Å²) in [6.07, 6.45) is 1.66. The lowest BCUT2D eigenvalue weighted by Gasteiger charge is -2.26. The Morgan fingerprint density at radius 2 is 2.05 bits per heavy atom.